The van der Waals surface area contributed by atoms with E-state index in [9.17, 15) is 10.1 Å². The van der Waals surface area contributed by atoms with Crippen molar-refractivity contribution < 1.29 is 9.66 Å². The minimum atomic E-state index is -0.372. The van der Waals surface area contributed by atoms with Crippen LogP contribution in [0.15, 0.2) is 18.2 Å². The average Bonchev–Trinajstić information content (AvgIpc) is 2.44. The van der Waals surface area contributed by atoms with Gasteiger partial charge in [-0.1, -0.05) is 0 Å². The largest absolute Gasteiger partial charge is 0.494 e. The third kappa shape index (κ3) is 4.18. The first kappa shape index (κ1) is 14.7. The zero-order valence-corrected chi connectivity index (χ0v) is 11.8. The lowest BCUT2D eigenvalue weighted by Crippen LogP contribution is -2.43. The molecule has 0 saturated carbocycles. The van der Waals surface area contributed by atoms with Crippen molar-refractivity contribution in [3.63, 3.8) is 0 Å². The standard InChI is InChI=1S/C14H21N3O3/c1-12-11-13(3-4-14(12)17(18)19)20-10-2-7-16-8-5-15-6-9-16/h3-4,11,15H,2,5-10H2,1H3. The molecule has 0 unspecified atom stereocenters. The summed E-state index contributed by atoms with van der Waals surface area (Å²) in [7, 11) is 0. The van der Waals surface area contributed by atoms with Gasteiger partial charge in [-0.2, -0.15) is 0 Å². The van der Waals surface area contributed by atoms with E-state index in [0.717, 1.165) is 39.1 Å². The van der Waals surface area contributed by atoms with Crippen LogP contribution < -0.4 is 10.1 Å². The number of benzene rings is 1. The van der Waals surface area contributed by atoms with Crippen LogP contribution >= 0.6 is 0 Å². The van der Waals surface area contributed by atoms with Gasteiger partial charge in [-0.25, -0.2) is 0 Å². The van der Waals surface area contributed by atoms with Crippen LogP contribution in [0.1, 0.15) is 12.0 Å². The maximum absolute atomic E-state index is 10.7. The number of hydrogen-bond acceptors (Lipinski definition) is 5. The number of piperazine rings is 1. The molecule has 6 nitrogen and oxygen atoms in total. The summed E-state index contributed by atoms with van der Waals surface area (Å²) in [5, 5.41) is 14.0. The molecule has 0 aromatic heterocycles. The lowest BCUT2D eigenvalue weighted by molar-refractivity contribution is -0.385. The van der Waals surface area contributed by atoms with Crippen molar-refractivity contribution in [2.75, 3.05) is 39.3 Å². The van der Waals surface area contributed by atoms with Gasteiger partial charge in [0, 0.05) is 44.4 Å². The summed E-state index contributed by atoms with van der Waals surface area (Å²) in [5.74, 6) is 0.702. The minimum absolute atomic E-state index is 0.137. The molecule has 1 saturated heterocycles. The zero-order valence-electron chi connectivity index (χ0n) is 11.8. The molecule has 0 radical (unpaired) electrons. The maximum atomic E-state index is 10.7. The molecule has 0 spiro atoms. The van der Waals surface area contributed by atoms with E-state index in [1.807, 2.05) is 0 Å². The topological polar surface area (TPSA) is 67.6 Å². The van der Waals surface area contributed by atoms with Crippen LogP contribution in [0, 0.1) is 17.0 Å². The van der Waals surface area contributed by atoms with E-state index in [1.165, 1.54) is 6.07 Å². The van der Waals surface area contributed by atoms with Crippen molar-refractivity contribution in [2.45, 2.75) is 13.3 Å². The second kappa shape index (κ2) is 7.21. The van der Waals surface area contributed by atoms with Gasteiger partial charge in [0.2, 0.25) is 0 Å². The monoisotopic (exact) mass is 279 g/mol. The Morgan fingerprint density at radius 1 is 1.40 bits per heavy atom. The third-order valence-corrected chi connectivity index (χ3v) is 3.46. The van der Waals surface area contributed by atoms with Crippen molar-refractivity contribution in [1.29, 1.82) is 0 Å². The van der Waals surface area contributed by atoms with E-state index in [1.54, 1.807) is 19.1 Å². The van der Waals surface area contributed by atoms with Crippen LogP contribution in [0.4, 0.5) is 5.69 Å². The highest BCUT2D eigenvalue weighted by molar-refractivity contribution is 5.44. The predicted octanol–water partition coefficient (Wildman–Crippen LogP) is 1.58. The van der Waals surface area contributed by atoms with Gasteiger partial charge in [-0.15, -0.1) is 0 Å². The van der Waals surface area contributed by atoms with Crippen LogP contribution in [-0.4, -0.2) is 49.2 Å². The van der Waals surface area contributed by atoms with Crippen LogP contribution in [0.5, 0.6) is 5.75 Å². The van der Waals surface area contributed by atoms with Gasteiger partial charge in [-0.05, 0) is 25.5 Å². The van der Waals surface area contributed by atoms with Gasteiger partial charge in [0.25, 0.3) is 5.69 Å². The van der Waals surface area contributed by atoms with Crippen molar-refractivity contribution in [2.24, 2.45) is 0 Å². The smallest absolute Gasteiger partial charge is 0.272 e. The zero-order chi connectivity index (χ0) is 14.4. The molecule has 0 atom stereocenters. The predicted molar refractivity (Wildman–Crippen MR) is 77.3 cm³/mol. The van der Waals surface area contributed by atoms with E-state index in [4.69, 9.17) is 4.74 Å². The van der Waals surface area contributed by atoms with Gasteiger partial charge in [-0.3, -0.25) is 10.1 Å². The maximum Gasteiger partial charge on any atom is 0.272 e. The number of aryl methyl sites for hydroxylation is 1. The molecule has 1 fully saturated rings. The van der Waals surface area contributed by atoms with Crippen LogP contribution in [0.3, 0.4) is 0 Å². The van der Waals surface area contributed by atoms with Gasteiger partial charge in [0.05, 0.1) is 11.5 Å². The first-order chi connectivity index (χ1) is 9.66. The molecule has 2 rings (SSSR count). The SMILES string of the molecule is Cc1cc(OCCCN2CCNCC2)ccc1[N+](=O)[O-]. The summed E-state index contributed by atoms with van der Waals surface area (Å²) in [4.78, 5) is 12.8. The van der Waals surface area contributed by atoms with Gasteiger partial charge in [0.15, 0.2) is 0 Å². The fourth-order valence-corrected chi connectivity index (χ4v) is 2.34. The molecule has 1 aromatic carbocycles. The van der Waals surface area contributed by atoms with Crippen LogP contribution in [0.2, 0.25) is 0 Å². The molecule has 1 aliphatic heterocycles. The Kier molecular flexibility index (Phi) is 5.31. The number of nitrogens with one attached hydrogen (secondary N) is 1. The average molecular weight is 279 g/mol. The highest BCUT2D eigenvalue weighted by Gasteiger charge is 2.11. The first-order valence-electron chi connectivity index (χ1n) is 6.98. The molecule has 1 N–H and O–H groups in total. The summed E-state index contributed by atoms with van der Waals surface area (Å²) in [6, 6.07) is 4.89. The first-order valence-corrected chi connectivity index (χ1v) is 6.98. The van der Waals surface area contributed by atoms with E-state index in [2.05, 4.69) is 10.2 Å². The van der Waals surface area contributed by atoms with Crippen molar-refractivity contribution in [3.05, 3.63) is 33.9 Å². The molecule has 0 aliphatic carbocycles. The Morgan fingerprint density at radius 3 is 2.80 bits per heavy atom. The molecule has 0 amide bonds. The molecule has 1 heterocycles. The van der Waals surface area contributed by atoms with Crippen LogP contribution in [-0.2, 0) is 0 Å². The Morgan fingerprint density at radius 2 is 2.15 bits per heavy atom. The van der Waals surface area contributed by atoms with E-state index in [-0.39, 0.29) is 10.6 Å². The molecule has 0 bridgehead atoms. The third-order valence-electron chi connectivity index (χ3n) is 3.46. The second-order valence-corrected chi connectivity index (χ2v) is 5.00. The van der Waals surface area contributed by atoms with E-state index < -0.39 is 0 Å². The van der Waals surface area contributed by atoms with Crippen molar-refractivity contribution in [1.82, 2.24) is 10.2 Å². The van der Waals surface area contributed by atoms with E-state index in [0.29, 0.717) is 17.9 Å². The number of rotatable bonds is 6. The Hall–Kier alpha value is -1.66. The number of ether oxygens (including phenoxy) is 1. The molecule has 6 heteroatoms. The summed E-state index contributed by atoms with van der Waals surface area (Å²) in [5.41, 5.74) is 0.771. The number of nitro groups is 1. The molecule has 20 heavy (non-hydrogen) atoms. The van der Waals surface area contributed by atoms with Crippen LogP contribution in [0.25, 0.3) is 0 Å². The summed E-state index contributed by atoms with van der Waals surface area (Å²) < 4.78 is 5.65. The molecular weight excluding hydrogens is 258 g/mol. The number of nitrogens with zero attached hydrogens (tertiary/aromatic N) is 2. The minimum Gasteiger partial charge on any atom is -0.494 e. The normalized spacial score (nSPS) is 16.1. The molecule has 1 aromatic rings. The Balaban J connectivity index is 1.73. The van der Waals surface area contributed by atoms with Crippen molar-refractivity contribution >= 4 is 5.69 Å². The highest BCUT2D eigenvalue weighted by atomic mass is 16.6. The van der Waals surface area contributed by atoms with Gasteiger partial charge < -0.3 is 15.0 Å². The van der Waals surface area contributed by atoms with E-state index >= 15 is 0 Å². The van der Waals surface area contributed by atoms with Gasteiger partial charge >= 0.3 is 0 Å². The fourth-order valence-electron chi connectivity index (χ4n) is 2.34. The Bertz CT molecular complexity index is 459. The van der Waals surface area contributed by atoms with Crippen molar-refractivity contribution in [3.8, 4) is 5.75 Å². The highest BCUT2D eigenvalue weighted by Crippen LogP contribution is 2.23. The van der Waals surface area contributed by atoms with Gasteiger partial charge in [0.1, 0.15) is 5.75 Å². The summed E-state index contributed by atoms with van der Waals surface area (Å²) in [6.07, 6.45) is 0.968. The molecular formula is C14H21N3O3. The molecule has 110 valence electrons. The second-order valence-electron chi connectivity index (χ2n) is 5.00. The number of hydrogen-bond donors (Lipinski definition) is 1. The quantitative estimate of drug-likeness (QED) is 0.486. The lowest BCUT2D eigenvalue weighted by atomic mass is 10.2. The Labute approximate surface area is 118 Å². The lowest BCUT2D eigenvalue weighted by Gasteiger charge is -2.26. The summed E-state index contributed by atoms with van der Waals surface area (Å²) in [6.45, 7) is 7.71. The summed E-state index contributed by atoms with van der Waals surface area (Å²) >= 11 is 0. The fraction of sp³-hybridized carbons (Fsp3) is 0.571. The molecule has 1 aliphatic rings. The number of nitro benzene ring substituents is 1.